The van der Waals surface area contributed by atoms with E-state index in [0.717, 1.165) is 5.70 Å². The van der Waals surface area contributed by atoms with Crippen LogP contribution in [0.25, 0.3) is 87.1 Å². The van der Waals surface area contributed by atoms with Crippen LogP contribution < -0.4 is 10.6 Å². The van der Waals surface area contributed by atoms with Gasteiger partial charge in [-0.25, -0.2) is 0 Å². The van der Waals surface area contributed by atoms with E-state index in [-0.39, 0.29) is 12.3 Å². The molecule has 11 aromatic rings. The van der Waals surface area contributed by atoms with Gasteiger partial charge in [-0.3, -0.25) is 5.32 Å². The fraction of sp³-hybridized carbons (Fsp3) is 0.0417. The van der Waals surface area contributed by atoms with Gasteiger partial charge in [0.15, 0.2) is 6.29 Å². The van der Waals surface area contributed by atoms with Crippen LogP contribution >= 0.6 is 0 Å². The number of rotatable bonds is 3. The molecule has 0 bridgehead atoms. The Morgan fingerprint density at radius 3 is 1.83 bits per heavy atom. The molecule has 0 aliphatic carbocycles. The van der Waals surface area contributed by atoms with Crippen molar-refractivity contribution in [2.24, 2.45) is 0 Å². The van der Waals surface area contributed by atoms with Crippen LogP contribution in [0.4, 0.5) is 0 Å². The minimum absolute atomic E-state index is 0.00458. The van der Waals surface area contributed by atoms with E-state index in [9.17, 15) is 0 Å². The largest absolute Gasteiger partial charge is 0.352 e. The Kier molecular flexibility index (Phi) is 5.65. The number of benzene rings is 8. The van der Waals surface area contributed by atoms with Crippen LogP contribution in [0.1, 0.15) is 23.5 Å². The monoisotopic (exact) mass is 664 g/mol. The normalized spacial score (nSPS) is 16.7. The SMILES string of the molecule is C1=C(c2ccccc2)NC(n2c3ccccc3c3c4ccccc4c4c5cccc6c7c8ccccc8ccc7n(c65)c4c32)NC1c1ccccc1. The number of hydrogen-bond donors (Lipinski definition) is 2. The summed E-state index contributed by atoms with van der Waals surface area (Å²) in [5.41, 5.74) is 9.71. The molecule has 0 saturated heterocycles. The standard InChI is InChI=1S/C48H32N4/c1-3-15-30(16-4-1)38-28-39(31-17-5-2-6-18-31)50-48(49-38)52-40-25-12-11-22-35(40)43-33-20-9-10-21-34(33)44-37-24-13-23-36-42-32-19-8-7-14-29(32)26-27-41(42)51(45(36)37)46(44)47(43)52/h1-28,38,48-50H. The maximum absolute atomic E-state index is 4.06. The van der Waals surface area contributed by atoms with E-state index >= 15 is 0 Å². The summed E-state index contributed by atoms with van der Waals surface area (Å²) in [5.74, 6) is 0. The summed E-state index contributed by atoms with van der Waals surface area (Å²) in [7, 11) is 0. The first kappa shape index (κ1) is 28.1. The van der Waals surface area contributed by atoms with Crippen LogP contribution in [0.3, 0.4) is 0 Å². The highest BCUT2D eigenvalue weighted by molar-refractivity contribution is 6.39. The van der Waals surface area contributed by atoms with Crippen molar-refractivity contribution in [1.82, 2.24) is 19.6 Å². The van der Waals surface area contributed by atoms with Crippen molar-refractivity contribution in [3.8, 4) is 0 Å². The Hall–Kier alpha value is -6.62. The van der Waals surface area contributed by atoms with Crippen LogP contribution in [0.5, 0.6) is 0 Å². The van der Waals surface area contributed by atoms with Gasteiger partial charge >= 0.3 is 0 Å². The van der Waals surface area contributed by atoms with Gasteiger partial charge in [0.2, 0.25) is 0 Å². The van der Waals surface area contributed by atoms with E-state index in [2.05, 4.69) is 189 Å². The Labute approximate surface area is 299 Å². The van der Waals surface area contributed by atoms with E-state index in [1.165, 1.54) is 92.6 Å². The Balaban J connectivity index is 1.28. The smallest absolute Gasteiger partial charge is 0.160 e. The van der Waals surface area contributed by atoms with Gasteiger partial charge in [-0.2, -0.15) is 0 Å². The van der Waals surface area contributed by atoms with Crippen molar-refractivity contribution in [2.75, 3.05) is 0 Å². The first-order valence-electron chi connectivity index (χ1n) is 18.1. The number of hydrogen-bond acceptors (Lipinski definition) is 2. The maximum Gasteiger partial charge on any atom is 0.160 e. The van der Waals surface area contributed by atoms with E-state index in [1.807, 2.05) is 0 Å². The number of nitrogens with one attached hydrogen (secondary N) is 2. The van der Waals surface area contributed by atoms with Crippen molar-refractivity contribution in [3.63, 3.8) is 0 Å². The molecule has 12 rings (SSSR count). The lowest BCUT2D eigenvalue weighted by Gasteiger charge is -2.34. The topological polar surface area (TPSA) is 33.4 Å². The third kappa shape index (κ3) is 3.69. The predicted molar refractivity (Wildman–Crippen MR) is 218 cm³/mol. The van der Waals surface area contributed by atoms with Crippen molar-refractivity contribution in [3.05, 3.63) is 181 Å². The van der Waals surface area contributed by atoms with Crippen LogP contribution in [0.2, 0.25) is 0 Å². The summed E-state index contributed by atoms with van der Waals surface area (Å²) in [6.07, 6.45) is 2.08. The Morgan fingerprint density at radius 2 is 1.04 bits per heavy atom. The van der Waals surface area contributed by atoms with E-state index in [4.69, 9.17) is 0 Å². The number of aromatic nitrogens is 2. The molecular weight excluding hydrogens is 633 g/mol. The first-order valence-corrected chi connectivity index (χ1v) is 18.1. The van der Waals surface area contributed by atoms with Crippen LogP contribution in [0, 0.1) is 0 Å². The van der Waals surface area contributed by atoms with Gasteiger partial charge in [0.25, 0.3) is 0 Å². The minimum Gasteiger partial charge on any atom is -0.352 e. The second kappa shape index (κ2) is 10.5. The number of fused-ring (bicyclic) bond motifs is 15. The third-order valence-electron chi connectivity index (χ3n) is 11.5. The molecule has 2 unspecified atom stereocenters. The van der Waals surface area contributed by atoms with Crippen molar-refractivity contribution in [2.45, 2.75) is 12.3 Å². The highest BCUT2D eigenvalue weighted by Crippen LogP contribution is 2.49. The molecular formula is C48H32N4. The van der Waals surface area contributed by atoms with E-state index in [1.54, 1.807) is 0 Å². The van der Waals surface area contributed by atoms with Crippen molar-refractivity contribution in [1.29, 1.82) is 0 Å². The molecule has 0 radical (unpaired) electrons. The van der Waals surface area contributed by atoms with Gasteiger partial charge in [0.1, 0.15) is 0 Å². The third-order valence-corrected chi connectivity index (χ3v) is 11.5. The van der Waals surface area contributed by atoms with Crippen molar-refractivity contribution < 1.29 is 0 Å². The molecule has 8 aromatic carbocycles. The first-order chi connectivity index (χ1) is 25.8. The van der Waals surface area contributed by atoms with Gasteiger partial charge in [0.05, 0.1) is 33.6 Å². The summed E-state index contributed by atoms with van der Waals surface area (Å²) in [6, 6.07) is 59.8. The molecule has 2 atom stereocenters. The lowest BCUT2D eigenvalue weighted by molar-refractivity contribution is 0.351. The average Bonchev–Trinajstić information content (AvgIpc) is 3.87. The highest BCUT2D eigenvalue weighted by atomic mass is 15.3. The second-order valence-corrected chi connectivity index (χ2v) is 14.1. The zero-order chi connectivity index (χ0) is 33.9. The van der Waals surface area contributed by atoms with Gasteiger partial charge in [0, 0.05) is 38.0 Å². The lowest BCUT2D eigenvalue weighted by Crippen LogP contribution is -2.43. The summed E-state index contributed by atoms with van der Waals surface area (Å²) < 4.78 is 5.13. The average molecular weight is 665 g/mol. The molecule has 4 heterocycles. The molecule has 52 heavy (non-hydrogen) atoms. The quantitative estimate of drug-likeness (QED) is 0.197. The van der Waals surface area contributed by atoms with Gasteiger partial charge < -0.3 is 14.3 Å². The molecule has 4 heteroatoms. The highest BCUT2D eigenvalue weighted by Gasteiger charge is 2.31. The Morgan fingerprint density at radius 1 is 0.423 bits per heavy atom. The van der Waals surface area contributed by atoms with Crippen molar-refractivity contribution >= 4 is 87.1 Å². The lowest BCUT2D eigenvalue weighted by atomic mass is 9.97. The Bertz CT molecular complexity index is 3240. The fourth-order valence-electron chi connectivity index (χ4n) is 9.37. The summed E-state index contributed by atoms with van der Waals surface area (Å²) in [4.78, 5) is 0. The molecule has 4 nitrogen and oxygen atoms in total. The molecule has 244 valence electrons. The van der Waals surface area contributed by atoms with Crippen LogP contribution in [-0.2, 0) is 0 Å². The van der Waals surface area contributed by atoms with Gasteiger partial charge in [-0.05, 0) is 50.9 Å². The number of nitrogens with zero attached hydrogens (tertiary/aromatic N) is 2. The van der Waals surface area contributed by atoms with E-state index in [0.29, 0.717) is 0 Å². The minimum atomic E-state index is -0.250. The molecule has 0 fully saturated rings. The summed E-state index contributed by atoms with van der Waals surface area (Å²) in [6.45, 7) is 0. The summed E-state index contributed by atoms with van der Waals surface area (Å²) in [5, 5.41) is 20.9. The zero-order valence-electron chi connectivity index (χ0n) is 28.2. The molecule has 1 aliphatic rings. The maximum atomic E-state index is 4.06. The van der Waals surface area contributed by atoms with Crippen LogP contribution in [-0.4, -0.2) is 8.97 Å². The molecule has 3 aromatic heterocycles. The van der Waals surface area contributed by atoms with Gasteiger partial charge in [-0.15, -0.1) is 0 Å². The number of para-hydroxylation sites is 2. The predicted octanol–water partition coefficient (Wildman–Crippen LogP) is 11.7. The molecule has 0 amide bonds. The second-order valence-electron chi connectivity index (χ2n) is 14.1. The fourth-order valence-corrected chi connectivity index (χ4v) is 9.37. The molecule has 2 N–H and O–H groups in total. The molecule has 1 aliphatic heterocycles. The van der Waals surface area contributed by atoms with Crippen LogP contribution in [0.15, 0.2) is 170 Å². The zero-order valence-corrected chi connectivity index (χ0v) is 28.2. The summed E-state index contributed by atoms with van der Waals surface area (Å²) >= 11 is 0. The molecule has 0 spiro atoms. The van der Waals surface area contributed by atoms with E-state index < -0.39 is 0 Å². The van der Waals surface area contributed by atoms with Gasteiger partial charge in [-0.1, -0.05) is 152 Å². The molecule has 0 saturated carbocycles.